The van der Waals surface area contributed by atoms with E-state index in [1.54, 1.807) is 0 Å². The van der Waals surface area contributed by atoms with Crippen molar-refractivity contribution in [2.45, 2.75) is 46.5 Å². The fourth-order valence-electron chi connectivity index (χ4n) is 1.30. The molecule has 0 N–H and O–H groups in total. The first-order valence-electron chi connectivity index (χ1n) is 5.39. The van der Waals surface area contributed by atoms with Gasteiger partial charge in [0, 0.05) is 0 Å². The Morgan fingerprint density at radius 1 is 1.17 bits per heavy atom. The Balaban J connectivity index is 3.24. The van der Waals surface area contributed by atoms with E-state index in [0.717, 1.165) is 5.92 Å². The van der Waals surface area contributed by atoms with Gasteiger partial charge in [-0.25, -0.2) is 0 Å². The van der Waals surface area contributed by atoms with Crippen molar-refractivity contribution in [2.75, 3.05) is 20.1 Å². The normalized spacial score (nSPS) is 13.8. The molecule has 0 saturated carbocycles. The third kappa shape index (κ3) is 6.66. The number of nitrogens with zero attached hydrogens (tertiary/aromatic N) is 1. The van der Waals surface area contributed by atoms with Gasteiger partial charge in [0.1, 0.15) is 0 Å². The SMILES string of the molecule is CCCCC(C)CCN(C)CC. The molecule has 0 saturated heterocycles. The lowest BCUT2D eigenvalue weighted by molar-refractivity contribution is 0.312. The van der Waals surface area contributed by atoms with Gasteiger partial charge in [-0.15, -0.1) is 0 Å². The van der Waals surface area contributed by atoms with Crippen molar-refractivity contribution in [3.05, 3.63) is 0 Å². The molecule has 1 unspecified atom stereocenters. The average Bonchev–Trinajstić information content (AvgIpc) is 2.10. The van der Waals surface area contributed by atoms with Crippen molar-refractivity contribution < 1.29 is 0 Å². The maximum Gasteiger partial charge on any atom is -0.00194 e. The molecular formula is C11H25N. The topological polar surface area (TPSA) is 3.24 Å². The van der Waals surface area contributed by atoms with Gasteiger partial charge in [-0.3, -0.25) is 0 Å². The highest BCUT2D eigenvalue weighted by atomic mass is 15.1. The molecule has 1 heteroatoms. The summed E-state index contributed by atoms with van der Waals surface area (Å²) in [5.74, 6) is 0.916. The minimum absolute atomic E-state index is 0.916. The van der Waals surface area contributed by atoms with Gasteiger partial charge in [0.25, 0.3) is 0 Å². The van der Waals surface area contributed by atoms with E-state index in [2.05, 4.69) is 32.7 Å². The van der Waals surface area contributed by atoms with Crippen LogP contribution in [0.4, 0.5) is 0 Å². The molecule has 0 aliphatic carbocycles. The summed E-state index contributed by atoms with van der Waals surface area (Å²) in [6, 6.07) is 0. The molecule has 0 bridgehead atoms. The van der Waals surface area contributed by atoms with Crippen LogP contribution in [0, 0.1) is 5.92 Å². The highest BCUT2D eigenvalue weighted by Crippen LogP contribution is 2.11. The van der Waals surface area contributed by atoms with Gasteiger partial charge in [-0.05, 0) is 32.5 Å². The molecule has 0 aromatic rings. The zero-order chi connectivity index (χ0) is 9.40. The monoisotopic (exact) mass is 171 g/mol. The summed E-state index contributed by atoms with van der Waals surface area (Å²) in [7, 11) is 2.20. The predicted octanol–water partition coefficient (Wildman–Crippen LogP) is 3.15. The van der Waals surface area contributed by atoms with Crippen molar-refractivity contribution in [3.8, 4) is 0 Å². The summed E-state index contributed by atoms with van der Waals surface area (Å²) < 4.78 is 0. The molecule has 0 fully saturated rings. The van der Waals surface area contributed by atoms with E-state index in [4.69, 9.17) is 0 Å². The Hall–Kier alpha value is -0.0400. The molecule has 0 heterocycles. The molecule has 1 atom stereocenters. The second-order valence-electron chi connectivity index (χ2n) is 3.93. The number of unbranched alkanes of at least 4 members (excludes halogenated alkanes) is 1. The van der Waals surface area contributed by atoms with Crippen molar-refractivity contribution in [1.29, 1.82) is 0 Å². The Labute approximate surface area is 78.1 Å². The highest BCUT2D eigenvalue weighted by molar-refractivity contribution is 4.56. The second-order valence-corrected chi connectivity index (χ2v) is 3.93. The third-order valence-corrected chi connectivity index (χ3v) is 2.59. The van der Waals surface area contributed by atoms with Gasteiger partial charge in [-0.2, -0.15) is 0 Å². The van der Waals surface area contributed by atoms with E-state index in [0.29, 0.717) is 0 Å². The fourth-order valence-corrected chi connectivity index (χ4v) is 1.30. The van der Waals surface area contributed by atoms with Gasteiger partial charge in [0.15, 0.2) is 0 Å². The molecule has 0 amide bonds. The Morgan fingerprint density at radius 3 is 2.33 bits per heavy atom. The minimum atomic E-state index is 0.916. The van der Waals surface area contributed by atoms with E-state index in [1.165, 1.54) is 38.8 Å². The van der Waals surface area contributed by atoms with Gasteiger partial charge in [-0.1, -0.05) is 40.0 Å². The van der Waals surface area contributed by atoms with Crippen molar-refractivity contribution in [2.24, 2.45) is 5.92 Å². The maximum absolute atomic E-state index is 2.39. The lowest BCUT2D eigenvalue weighted by atomic mass is 10.0. The van der Waals surface area contributed by atoms with E-state index in [9.17, 15) is 0 Å². The van der Waals surface area contributed by atoms with E-state index in [-0.39, 0.29) is 0 Å². The van der Waals surface area contributed by atoms with Crippen LogP contribution >= 0.6 is 0 Å². The molecule has 0 aliphatic rings. The first-order chi connectivity index (χ1) is 5.70. The van der Waals surface area contributed by atoms with Crippen LogP contribution in [0.5, 0.6) is 0 Å². The quantitative estimate of drug-likeness (QED) is 0.569. The third-order valence-electron chi connectivity index (χ3n) is 2.59. The van der Waals surface area contributed by atoms with Crippen LogP contribution in [-0.4, -0.2) is 25.0 Å². The average molecular weight is 171 g/mol. The van der Waals surface area contributed by atoms with Crippen LogP contribution in [0.2, 0.25) is 0 Å². The number of rotatable bonds is 7. The highest BCUT2D eigenvalue weighted by Gasteiger charge is 2.02. The molecular weight excluding hydrogens is 146 g/mol. The van der Waals surface area contributed by atoms with E-state index in [1.807, 2.05) is 0 Å². The molecule has 0 aromatic carbocycles. The second kappa shape index (κ2) is 7.60. The molecule has 74 valence electrons. The smallest absolute Gasteiger partial charge is 0.00194 e. The zero-order valence-electron chi connectivity index (χ0n) is 9.27. The fraction of sp³-hybridized carbons (Fsp3) is 1.00. The predicted molar refractivity (Wildman–Crippen MR) is 56.5 cm³/mol. The van der Waals surface area contributed by atoms with Gasteiger partial charge >= 0.3 is 0 Å². The Bertz CT molecular complexity index is 91.0. The Morgan fingerprint density at radius 2 is 1.83 bits per heavy atom. The first-order valence-corrected chi connectivity index (χ1v) is 5.39. The van der Waals surface area contributed by atoms with Crippen molar-refractivity contribution in [1.82, 2.24) is 4.90 Å². The van der Waals surface area contributed by atoms with Crippen LogP contribution < -0.4 is 0 Å². The van der Waals surface area contributed by atoms with E-state index < -0.39 is 0 Å². The molecule has 12 heavy (non-hydrogen) atoms. The summed E-state index contributed by atoms with van der Waals surface area (Å²) >= 11 is 0. The minimum Gasteiger partial charge on any atom is -0.307 e. The summed E-state index contributed by atoms with van der Waals surface area (Å²) in [6.45, 7) is 9.31. The van der Waals surface area contributed by atoms with Crippen LogP contribution in [-0.2, 0) is 0 Å². The standard InChI is InChI=1S/C11H25N/c1-5-7-8-11(3)9-10-12(4)6-2/h11H,5-10H2,1-4H3. The van der Waals surface area contributed by atoms with Crippen LogP contribution in [0.3, 0.4) is 0 Å². The summed E-state index contributed by atoms with van der Waals surface area (Å²) in [6.07, 6.45) is 5.52. The van der Waals surface area contributed by atoms with Gasteiger partial charge in [0.05, 0.1) is 0 Å². The molecule has 0 spiro atoms. The van der Waals surface area contributed by atoms with Crippen LogP contribution in [0.15, 0.2) is 0 Å². The lowest BCUT2D eigenvalue weighted by Crippen LogP contribution is -2.20. The lowest BCUT2D eigenvalue weighted by Gasteiger charge is -2.17. The first kappa shape index (κ1) is 12.0. The zero-order valence-corrected chi connectivity index (χ0v) is 9.27. The largest absolute Gasteiger partial charge is 0.307 e. The van der Waals surface area contributed by atoms with Crippen LogP contribution in [0.25, 0.3) is 0 Å². The van der Waals surface area contributed by atoms with Crippen molar-refractivity contribution in [3.63, 3.8) is 0 Å². The molecule has 0 rings (SSSR count). The van der Waals surface area contributed by atoms with Crippen LogP contribution in [0.1, 0.15) is 46.5 Å². The van der Waals surface area contributed by atoms with Gasteiger partial charge < -0.3 is 4.90 Å². The molecule has 0 aliphatic heterocycles. The summed E-state index contributed by atoms with van der Waals surface area (Å²) in [5.41, 5.74) is 0. The number of hydrogen-bond acceptors (Lipinski definition) is 1. The summed E-state index contributed by atoms with van der Waals surface area (Å²) in [5, 5.41) is 0. The van der Waals surface area contributed by atoms with E-state index >= 15 is 0 Å². The molecule has 0 aromatic heterocycles. The van der Waals surface area contributed by atoms with Gasteiger partial charge in [0.2, 0.25) is 0 Å². The maximum atomic E-state index is 2.39. The number of hydrogen-bond donors (Lipinski definition) is 0. The molecule has 1 nitrogen and oxygen atoms in total. The molecule has 0 radical (unpaired) electrons. The van der Waals surface area contributed by atoms with Crippen molar-refractivity contribution >= 4 is 0 Å². The summed E-state index contributed by atoms with van der Waals surface area (Å²) in [4.78, 5) is 2.39. The Kier molecular flexibility index (Phi) is 7.58.